The summed E-state index contributed by atoms with van der Waals surface area (Å²) in [5.74, 6) is -3.34. The molecular formula is C8H12O3. The third kappa shape index (κ3) is 1.79. The summed E-state index contributed by atoms with van der Waals surface area (Å²) in [4.78, 5) is 22.7. The van der Waals surface area contributed by atoms with Gasteiger partial charge in [-0.3, -0.25) is 9.59 Å². The van der Waals surface area contributed by atoms with Crippen molar-refractivity contribution in [3.63, 3.8) is 0 Å². The van der Waals surface area contributed by atoms with Gasteiger partial charge in [0.15, 0.2) is 0 Å². The number of esters is 1. The highest BCUT2D eigenvalue weighted by atomic mass is 16.5. The van der Waals surface area contributed by atoms with Crippen molar-refractivity contribution in [1.82, 2.24) is 0 Å². The Balaban J connectivity index is 2.99. The average molecular weight is 160 g/mol. The molecular weight excluding hydrogens is 144 g/mol. The molecule has 1 unspecified atom stereocenters. The van der Waals surface area contributed by atoms with E-state index in [4.69, 9.17) is 5.48 Å². The fraction of sp³-hybridized carbons (Fsp3) is 0.750. The summed E-state index contributed by atoms with van der Waals surface area (Å²) in [5.41, 5.74) is 0. The standard InChI is InChI=1S/C8H12O3/c1-2-11-8(10)6-4-3-5-7(6)9/h6H,2-5H2,1H3/i3D2,4D2. The van der Waals surface area contributed by atoms with Crippen molar-refractivity contribution >= 4 is 11.8 Å². The van der Waals surface area contributed by atoms with Gasteiger partial charge in [-0.2, -0.15) is 0 Å². The molecule has 0 aromatic heterocycles. The number of ether oxygens (including phenoxy) is 1. The van der Waals surface area contributed by atoms with Gasteiger partial charge in [0.2, 0.25) is 0 Å². The van der Waals surface area contributed by atoms with E-state index < -0.39 is 36.8 Å². The monoisotopic (exact) mass is 160 g/mol. The number of carbonyl (C=O) groups is 2. The first-order chi connectivity index (χ1) is 6.74. The van der Waals surface area contributed by atoms with E-state index in [1.54, 1.807) is 6.92 Å². The normalized spacial score (nSPS) is 38.3. The molecule has 0 radical (unpaired) electrons. The van der Waals surface area contributed by atoms with Crippen molar-refractivity contribution in [2.75, 3.05) is 6.61 Å². The quantitative estimate of drug-likeness (QED) is 0.445. The van der Waals surface area contributed by atoms with Crippen molar-refractivity contribution in [2.45, 2.75) is 26.1 Å². The minimum Gasteiger partial charge on any atom is -0.465 e. The van der Waals surface area contributed by atoms with Gasteiger partial charge in [0.25, 0.3) is 0 Å². The molecule has 0 amide bonds. The lowest BCUT2D eigenvalue weighted by Crippen LogP contribution is -2.21. The number of Topliss-reactive ketones (excluding diaryl/α,β-unsaturated/α-hetero) is 1. The number of carbonyl (C=O) groups excluding carboxylic acids is 2. The Hall–Kier alpha value is -0.860. The minimum atomic E-state index is -2.49. The van der Waals surface area contributed by atoms with Crippen LogP contribution in [0.25, 0.3) is 0 Å². The maximum Gasteiger partial charge on any atom is 0.316 e. The molecule has 0 aliphatic heterocycles. The van der Waals surface area contributed by atoms with Crippen molar-refractivity contribution in [3.8, 4) is 0 Å². The molecule has 0 saturated heterocycles. The molecule has 1 saturated carbocycles. The van der Waals surface area contributed by atoms with Crippen LogP contribution in [-0.2, 0) is 14.3 Å². The summed E-state index contributed by atoms with van der Waals surface area (Å²) in [7, 11) is 0. The van der Waals surface area contributed by atoms with Gasteiger partial charge in [-0.15, -0.1) is 0 Å². The summed E-state index contributed by atoms with van der Waals surface area (Å²) in [5, 5.41) is 0. The zero-order valence-electron chi connectivity index (χ0n) is 10.2. The topological polar surface area (TPSA) is 43.4 Å². The largest absolute Gasteiger partial charge is 0.465 e. The first-order valence-corrected chi connectivity index (χ1v) is 3.43. The summed E-state index contributed by atoms with van der Waals surface area (Å²) < 4.78 is 34.1. The van der Waals surface area contributed by atoms with Gasteiger partial charge >= 0.3 is 5.97 Å². The van der Waals surface area contributed by atoms with Gasteiger partial charge in [0.1, 0.15) is 11.7 Å². The first-order valence-electron chi connectivity index (χ1n) is 5.43. The molecule has 1 rings (SSSR count). The van der Waals surface area contributed by atoms with Crippen LogP contribution in [0.4, 0.5) is 0 Å². The summed E-state index contributed by atoms with van der Waals surface area (Å²) in [6.07, 6.45) is -5.37. The van der Waals surface area contributed by atoms with Crippen molar-refractivity contribution in [2.24, 2.45) is 5.92 Å². The van der Waals surface area contributed by atoms with E-state index in [1.807, 2.05) is 0 Å². The molecule has 1 fully saturated rings. The molecule has 0 heterocycles. The van der Waals surface area contributed by atoms with Crippen LogP contribution >= 0.6 is 0 Å². The lowest BCUT2D eigenvalue weighted by Gasteiger charge is -2.05. The van der Waals surface area contributed by atoms with Crippen LogP contribution in [0.5, 0.6) is 0 Å². The van der Waals surface area contributed by atoms with Crippen LogP contribution in [-0.4, -0.2) is 18.4 Å². The van der Waals surface area contributed by atoms with Crippen LogP contribution in [0.3, 0.4) is 0 Å². The molecule has 0 aromatic carbocycles. The molecule has 11 heavy (non-hydrogen) atoms. The second kappa shape index (κ2) is 3.51. The van der Waals surface area contributed by atoms with Crippen LogP contribution in [0, 0.1) is 5.92 Å². The maximum atomic E-state index is 11.3. The van der Waals surface area contributed by atoms with Gasteiger partial charge < -0.3 is 4.74 Å². The molecule has 62 valence electrons. The third-order valence-electron chi connectivity index (χ3n) is 1.35. The Morgan fingerprint density at radius 3 is 3.09 bits per heavy atom. The molecule has 0 bridgehead atoms. The Bertz CT molecular complexity index is 300. The van der Waals surface area contributed by atoms with E-state index in [0.717, 1.165) is 0 Å². The Kier molecular flexibility index (Phi) is 1.35. The average Bonchev–Trinajstić information content (AvgIpc) is 2.16. The first kappa shape index (κ1) is 4.24. The molecule has 0 N–H and O–H groups in total. The predicted molar refractivity (Wildman–Crippen MR) is 39.0 cm³/mol. The number of ketones is 1. The van der Waals surface area contributed by atoms with E-state index in [1.165, 1.54) is 0 Å². The van der Waals surface area contributed by atoms with E-state index in [0.29, 0.717) is 0 Å². The minimum absolute atomic E-state index is 0.0433. The van der Waals surface area contributed by atoms with Gasteiger partial charge in [-0.25, -0.2) is 0 Å². The van der Waals surface area contributed by atoms with Gasteiger partial charge in [0.05, 0.1) is 6.61 Å². The molecule has 3 heteroatoms. The molecule has 1 atom stereocenters. The Labute approximate surface area is 71.3 Å². The van der Waals surface area contributed by atoms with E-state index in [2.05, 4.69) is 4.74 Å². The van der Waals surface area contributed by atoms with Crippen molar-refractivity contribution in [3.05, 3.63) is 0 Å². The Morgan fingerprint density at radius 1 is 1.91 bits per heavy atom. The highest BCUT2D eigenvalue weighted by Crippen LogP contribution is 2.22. The van der Waals surface area contributed by atoms with Crippen LogP contribution in [0.1, 0.15) is 31.6 Å². The van der Waals surface area contributed by atoms with E-state index in [-0.39, 0.29) is 6.61 Å². The SMILES string of the molecule is [2H]C1([2H])CC(=O)C(C(=O)OCC)C1([2H])[2H]. The molecule has 0 aromatic rings. The fourth-order valence-electron chi connectivity index (χ4n) is 0.839. The lowest BCUT2D eigenvalue weighted by atomic mass is 10.1. The third-order valence-corrected chi connectivity index (χ3v) is 1.35. The highest BCUT2D eigenvalue weighted by Gasteiger charge is 2.31. The van der Waals surface area contributed by atoms with Crippen molar-refractivity contribution in [1.29, 1.82) is 0 Å². The predicted octanol–water partition coefficient (Wildman–Crippen LogP) is 0.919. The summed E-state index contributed by atoms with van der Waals surface area (Å²) in [6.45, 7) is 1.59. The Morgan fingerprint density at radius 2 is 2.64 bits per heavy atom. The number of rotatable bonds is 2. The van der Waals surface area contributed by atoms with E-state index >= 15 is 0 Å². The zero-order chi connectivity index (χ0) is 11.9. The molecule has 3 nitrogen and oxygen atoms in total. The van der Waals surface area contributed by atoms with Gasteiger partial charge in [-0.1, -0.05) is 0 Å². The second-order valence-corrected chi connectivity index (χ2v) is 2.15. The summed E-state index contributed by atoms with van der Waals surface area (Å²) in [6, 6.07) is 0. The second-order valence-electron chi connectivity index (χ2n) is 2.15. The van der Waals surface area contributed by atoms with Crippen LogP contribution in [0.15, 0.2) is 0 Å². The molecule has 0 spiro atoms. The van der Waals surface area contributed by atoms with Crippen LogP contribution in [0.2, 0.25) is 0 Å². The highest BCUT2D eigenvalue weighted by molar-refractivity contribution is 6.00. The molecule has 1 aliphatic carbocycles. The fourth-order valence-corrected chi connectivity index (χ4v) is 0.839. The zero-order valence-corrected chi connectivity index (χ0v) is 6.22. The van der Waals surface area contributed by atoms with Gasteiger partial charge in [0, 0.05) is 11.9 Å². The number of hydrogen-bond acceptors (Lipinski definition) is 3. The van der Waals surface area contributed by atoms with Crippen molar-refractivity contribution < 1.29 is 19.8 Å². The lowest BCUT2D eigenvalue weighted by molar-refractivity contribution is -0.150. The van der Waals surface area contributed by atoms with Crippen LogP contribution < -0.4 is 0 Å². The maximum absolute atomic E-state index is 11.3. The van der Waals surface area contributed by atoms with E-state index in [9.17, 15) is 9.59 Å². The molecule has 1 aliphatic rings. The number of hydrogen-bond donors (Lipinski definition) is 0. The summed E-state index contributed by atoms with van der Waals surface area (Å²) >= 11 is 0. The van der Waals surface area contributed by atoms with Gasteiger partial charge in [-0.05, 0) is 19.7 Å². The smallest absolute Gasteiger partial charge is 0.316 e.